The van der Waals surface area contributed by atoms with Gasteiger partial charge >= 0.3 is 0 Å². The van der Waals surface area contributed by atoms with Crippen LogP contribution in [0.5, 0.6) is 0 Å². The molecule has 122 valence electrons. The number of rotatable bonds is 3. The summed E-state index contributed by atoms with van der Waals surface area (Å²) in [4.78, 5) is 4.02. The van der Waals surface area contributed by atoms with Gasteiger partial charge in [-0.25, -0.2) is 5.10 Å². The van der Waals surface area contributed by atoms with E-state index in [-0.39, 0.29) is 5.41 Å². The Bertz CT molecular complexity index is 899. The third kappa shape index (κ3) is 3.49. The molecule has 3 aromatic rings. The lowest BCUT2D eigenvalue weighted by atomic mass is 9.87. The number of H-pyrrole nitrogens is 1. The van der Waals surface area contributed by atoms with E-state index < -0.39 is 0 Å². The van der Waals surface area contributed by atoms with Crippen molar-refractivity contribution in [3.8, 4) is 11.4 Å². The Balaban J connectivity index is 1.91. The first-order valence-corrected chi connectivity index (χ1v) is 8.09. The van der Waals surface area contributed by atoms with Crippen molar-refractivity contribution in [3.05, 3.63) is 64.7 Å². The minimum absolute atomic E-state index is 0.136. The van der Waals surface area contributed by atoms with Crippen molar-refractivity contribution < 1.29 is 0 Å². The van der Waals surface area contributed by atoms with Gasteiger partial charge in [0.15, 0.2) is 5.82 Å². The molecule has 0 amide bonds. The molecule has 1 N–H and O–H groups in total. The molecule has 0 spiro atoms. The predicted molar refractivity (Wildman–Crippen MR) is 98.8 cm³/mol. The largest absolute Gasteiger partial charge is 0.265 e. The summed E-state index contributed by atoms with van der Waals surface area (Å²) in [6.07, 6.45) is 5.21. The van der Waals surface area contributed by atoms with E-state index in [2.05, 4.69) is 65.3 Å². The van der Waals surface area contributed by atoms with Gasteiger partial charge in [-0.2, -0.15) is 14.9 Å². The molecule has 0 fully saturated rings. The topological polar surface area (TPSA) is 58.9 Å². The average molecular weight is 337 g/mol. The summed E-state index contributed by atoms with van der Waals surface area (Å²) in [6, 6.07) is 12.1. The Kier molecular flexibility index (Phi) is 4.40. The maximum atomic E-state index is 5.27. The van der Waals surface area contributed by atoms with Crippen molar-refractivity contribution in [2.45, 2.75) is 26.2 Å². The van der Waals surface area contributed by atoms with Crippen molar-refractivity contribution in [3.63, 3.8) is 0 Å². The molecule has 1 aromatic carbocycles. The summed E-state index contributed by atoms with van der Waals surface area (Å²) in [6.45, 7) is 6.59. The van der Waals surface area contributed by atoms with Crippen LogP contribution in [0, 0.1) is 4.77 Å². The van der Waals surface area contributed by atoms with Crippen LogP contribution in [0.2, 0.25) is 0 Å². The van der Waals surface area contributed by atoms with Gasteiger partial charge in [0.1, 0.15) is 0 Å². The van der Waals surface area contributed by atoms with E-state index in [1.807, 2.05) is 12.1 Å². The Hall–Kier alpha value is -2.60. The highest BCUT2D eigenvalue weighted by atomic mass is 32.1. The van der Waals surface area contributed by atoms with E-state index in [0.717, 1.165) is 11.1 Å². The van der Waals surface area contributed by atoms with Crippen LogP contribution in [0.15, 0.2) is 53.9 Å². The molecule has 0 saturated carbocycles. The van der Waals surface area contributed by atoms with E-state index in [1.165, 1.54) is 5.56 Å². The predicted octanol–water partition coefficient (Wildman–Crippen LogP) is 4.18. The van der Waals surface area contributed by atoms with Gasteiger partial charge in [0, 0.05) is 18.0 Å². The fourth-order valence-corrected chi connectivity index (χ4v) is 2.46. The highest BCUT2D eigenvalue weighted by molar-refractivity contribution is 7.71. The number of benzene rings is 1. The maximum Gasteiger partial charge on any atom is 0.216 e. The minimum Gasteiger partial charge on any atom is -0.265 e. The monoisotopic (exact) mass is 337 g/mol. The zero-order chi connectivity index (χ0) is 17.2. The quantitative estimate of drug-likeness (QED) is 0.576. The highest BCUT2D eigenvalue weighted by Gasteiger charge is 2.12. The number of aromatic nitrogens is 4. The molecule has 24 heavy (non-hydrogen) atoms. The van der Waals surface area contributed by atoms with Gasteiger partial charge in [-0.05, 0) is 40.9 Å². The van der Waals surface area contributed by atoms with E-state index in [0.29, 0.717) is 10.6 Å². The van der Waals surface area contributed by atoms with Gasteiger partial charge in [0.2, 0.25) is 4.77 Å². The fourth-order valence-electron chi connectivity index (χ4n) is 2.28. The van der Waals surface area contributed by atoms with Gasteiger partial charge in [-0.1, -0.05) is 45.0 Å². The summed E-state index contributed by atoms with van der Waals surface area (Å²) in [5, 5.41) is 11.5. The molecule has 2 heterocycles. The van der Waals surface area contributed by atoms with Crippen molar-refractivity contribution >= 4 is 18.4 Å². The Labute approximate surface area is 146 Å². The molecule has 0 aliphatic heterocycles. The second kappa shape index (κ2) is 6.49. The SMILES string of the molecule is CC(C)(C)c1ccc(/C=N/n2c(-c3ccncc3)n[nH]c2=S)cc1. The molecule has 0 radical (unpaired) electrons. The van der Waals surface area contributed by atoms with Gasteiger partial charge < -0.3 is 0 Å². The molecular weight excluding hydrogens is 318 g/mol. The van der Waals surface area contributed by atoms with E-state index in [1.54, 1.807) is 23.3 Å². The van der Waals surface area contributed by atoms with Crippen LogP contribution in [0.4, 0.5) is 0 Å². The number of nitrogens with one attached hydrogen (secondary N) is 1. The molecular formula is C18H19N5S. The second-order valence-corrected chi connectivity index (χ2v) is 6.90. The van der Waals surface area contributed by atoms with Gasteiger partial charge in [0.25, 0.3) is 0 Å². The molecule has 0 bridgehead atoms. The lowest BCUT2D eigenvalue weighted by Gasteiger charge is -2.18. The number of pyridine rings is 1. The van der Waals surface area contributed by atoms with Crippen LogP contribution in [-0.4, -0.2) is 26.1 Å². The lowest BCUT2D eigenvalue weighted by molar-refractivity contribution is 0.590. The lowest BCUT2D eigenvalue weighted by Crippen LogP contribution is -2.10. The Morgan fingerprint density at radius 2 is 1.75 bits per heavy atom. The molecule has 0 aliphatic carbocycles. The van der Waals surface area contributed by atoms with Crippen LogP contribution >= 0.6 is 12.2 Å². The first-order valence-electron chi connectivity index (χ1n) is 7.68. The van der Waals surface area contributed by atoms with Crippen molar-refractivity contribution in [1.82, 2.24) is 19.9 Å². The fraction of sp³-hybridized carbons (Fsp3) is 0.222. The zero-order valence-electron chi connectivity index (χ0n) is 13.9. The molecule has 3 rings (SSSR count). The van der Waals surface area contributed by atoms with Crippen molar-refractivity contribution in [2.75, 3.05) is 0 Å². The van der Waals surface area contributed by atoms with Gasteiger partial charge in [-0.3, -0.25) is 4.98 Å². The van der Waals surface area contributed by atoms with E-state index in [4.69, 9.17) is 12.2 Å². The van der Waals surface area contributed by atoms with E-state index in [9.17, 15) is 0 Å². The molecule has 0 saturated heterocycles. The summed E-state index contributed by atoms with van der Waals surface area (Å²) in [5.41, 5.74) is 3.33. The normalized spacial score (nSPS) is 12.0. The Morgan fingerprint density at radius 1 is 1.08 bits per heavy atom. The van der Waals surface area contributed by atoms with E-state index >= 15 is 0 Å². The number of hydrogen-bond acceptors (Lipinski definition) is 4. The van der Waals surface area contributed by atoms with Crippen molar-refractivity contribution in [1.29, 1.82) is 0 Å². The third-order valence-electron chi connectivity index (χ3n) is 3.69. The number of aromatic amines is 1. The molecule has 6 heteroatoms. The van der Waals surface area contributed by atoms with Crippen LogP contribution in [0.25, 0.3) is 11.4 Å². The van der Waals surface area contributed by atoms with Crippen LogP contribution in [-0.2, 0) is 5.41 Å². The Morgan fingerprint density at radius 3 is 2.38 bits per heavy atom. The summed E-state index contributed by atoms with van der Waals surface area (Å²) >= 11 is 5.27. The molecule has 0 atom stereocenters. The van der Waals surface area contributed by atoms with Crippen LogP contribution in [0.1, 0.15) is 31.9 Å². The molecule has 0 unspecified atom stereocenters. The molecule has 2 aromatic heterocycles. The van der Waals surface area contributed by atoms with Crippen LogP contribution in [0.3, 0.4) is 0 Å². The number of nitrogens with zero attached hydrogens (tertiary/aromatic N) is 4. The minimum atomic E-state index is 0.136. The maximum absolute atomic E-state index is 5.27. The van der Waals surface area contributed by atoms with Crippen LogP contribution < -0.4 is 0 Å². The smallest absolute Gasteiger partial charge is 0.216 e. The summed E-state index contributed by atoms with van der Waals surface area (Å²) in [5.74, 6) is 0.657. The average Bonchev–Trinajstić information content (AvgIpc) is 2.94. The highest BCUT2D eigenvalue weighted by Crippen LogP contribution is 2.22. The third-order valence-corrected chi connectivity index (χ3v) is 3.95. The van der Waals surface area contributed by atoms with Crippen molar-refractivity contribution in [2.24, 2.45) is 5.10 Å². The first kappa shape index (κ1) is 16.3. The molecule has 0 aliphatic rings. The van der Waals surface area contributed by atoms with Gasteiger partial charge in [-0.15, -0.1) is 0 Å². The van der Waals surface area contributed by atoms with Gasteiger partial charge in [0.05, 0.1) is 6.21 Å². The number of hydrogen-bond donors (Lipinski definition) is 1. The summed E-state index contributed by atoms with van der Waals surface area (Å²) < 4.78 is 2.06. The first-order chi connectivity index (χ1) is 11.4. The zero-order valence-corrected chi connectivity index (χ0v) is 14.7. The standard InChI is InChI=1S/C18H19N5S/c1-18(2,3)15-6-4-13(5-7-15)12-20-23-16(21-22-17(23)24)14-8-10-19-11-9-14/h4-12H,1-3H3,(H,22,24)/b20-12+. The molecule has 5 nitrogen and oxygen atoms in total. The summed E-state index contributed by atoms with van der Waals surface area (Å²) in [7, 11) is 0. The second-order valence-electron chi connectivity index (χ2n) is 6.52.